The Hall–Kier alpha value is -3.04. The van der Waals surface area contributed by atoms with Crippen LogP contribution < -0.4 is 10.1 Å². The molecule has 1 N–H and O–H groups in total. The molecule has 0 saturated carbocycles. The molecule has 0 aliphatic rings. The molecule has 3 rings (SSSR count). The van der Waals surface area contributed by atoms with Gasteiger partial charge in [0.2, 0.25) is 0 Å². The first-order valence-electron chi connectivity index (χ1n) is 10.2. The van der Waals surface area contributed by atoms with Gasteiger partial charge in [-0.1, -0.05) is 29.8 Å². The Balaban J connectivity index is 1.64. The minimum atomic E-state index is -4.45. The van der Waals surface area contributed by atoms with Gasteiger partial charge in [0.25, 0.3) is 5.91 Å². The van der Waals surface area contributed by atoms with Crippen LogP contribution in [0.1, 0.15) is 34.1 Å². The zero-order valence-electron chi connectivity index (χ0n) is 18.1. The average Bonchev–Trinajstić information content (AvgIpc) is 3.24. The van der Waals surface area contributed by atoms with E-state index in [2.05, 4.69) is 10.4 Å². The Morgan fingerprint density at radius 2 is 1.91 bits per heavy atom. The van der Waals surface area contributed by atoms with Crippen molar-refractivity contribution in [2.24, 2.45) is 0 Å². The topological polar surface area (TPSA) is 59.4 Å². The number of carbonyl (C=O) groups is 1. The molecule has 33 heavy (non-hydrogen) atoms. The van der Waals surface area contributed by atoms with Crippen LogP contribution in [0.15, 0.2) is 60.8 Å². The molecule has 6 nitrogen and oxygen atoms in total. The van der Waals surface area contributed by atoms with E-state index in [1.165, 1.54) is 29.1 Å². The molecule has 176 valence electrons. The molecule has 2 aromatic carbocycles. The summed E-state index contributed by atoms with van der Waals surface area (Å²) in [6, 6.07) is 13.1. The Morgan fingerprint density at radius 1 is 1.18 bits per heavy atom. The summed E-state index contributed by atoms with van der Waals surface area (Å²) in [5.74, 6) is -0.315. The van der Waals surface area contributed by atoms with Crippen molar-refractivity contribution in [3.8, 4) is 5.75 Å². The Labute approximate surface area is 194 Å². The smallest absolute Gasteiger partial charge is 0.416 e. The summed E-state index contributed by atoms with van der Waals surface area (Å²) in [4.78, 5) is 14.8. The van der Waals surface area contributed by atoms with E-state index in [0.717, 1.165) is 24.2 Å². The van der Waals surface area contributed by atoms with Gasteiger partial charge in [-0.3, -0.25) is 4.79 Å². The van der Waals surface area contributed by atoms with Gasteiger partial charge in [-0.2, -0.15) is 18.3 Å². The molecule has 3 aromatic rings. The van der Waals surface area contributed by atoms with Gasteiger partial charge >= 0.3 is 6.18 Å². The van der Waals surface area contributed by atoms with Gasteiger partial charge in [-0.05, 0) is 69.0 Å². The van der Waals surface area contributed by atoms with Gasteiger partial charge in [-0.25, -0.2) is 4.68 Å². The van der Waals surface area contributed by atoms with Gasteiger partial charge < -0.3 is 15.0 Å². The van der Waals surface area contributed by atoms with E-state index < -0.39 is 11.7 Å². The summed E-state index contributed by atoms with van der Waals surface area (Å²) in [6.45, 7) is 0.614. The normalized spacial score (nSPS) is 12.6. The zero-order chi connectivity index (χ0) is 24.0. The first kappa shape index (κ1) is 24.6. The summed E-state index contributed by atoms with van der Waals surface area (Å²) in [6.07, 6.45) is -2.25. The molecule has 0 bridgehead atoms. The quantitative estimate of drug-likeness (QED) is 0.467. The van der Waals surface area contributed by atoms with Gasteiger partial charge in [0.05, 0.1) is 11.6 Å². The van der Waals surface area contributed by atoms with E-state index in [0.29, 0.717) is 11.4 Å². The minimum absolute atomic E-state index is 0.0535. The third kappa shape index (κ3) is 7.23. The number of halogens is 4. The van der Waals surface area contributed by atoms with Crippen molar-refractivity contribution in [1.82, 2.24) is 20.0 Å². The molecular formula is C23H24ClF3N4O2. The fourth-order valence-electron chi connectivity index (χ4n) is 3.09. The lowest BCUT2D eigenvalue weighted by atomic mass is 10.0. The van der Waals surface area contributed by atoms with E-state index in [4.69, 9.17) is 16.3 Å². The Kier molecular flexibility index (Phi) is 7.99. The number of hydrogen-bond donors (Lipinski definition) is 1. The van der Waals surface area contributed by atoms with Crippen LogP contribution in [0, 0.1) is 0 Å². The highest BCUT2D eigenvalue weighted by Gasteiger charge is 2.30. The summed E-state index contributed by atoms with van der Waals surface area (Å²) in [5, 5.41) is 7.77. The molecule has 1 amide bonds. The second-order valence-electron chi connectivity index (χ2n) is 7.71. The van der Waals surface area contributed by atoms with Crippen molar-refractivity contribution in [2.45, 2.75) is 25.4 Å². The highest BCUT2D eigenvalue weighted by molar-refractivity contribution is 6.30. The van der Waals surface area contributed by atoms with Crippen molar-refractivity contribution < 1.29 is 22.7 Å². The number of benzene rings is 2. The Bertz CT molecular complexity index is 1070. The van der Waals surface area contributed by atoms with Crippen molar-refractivity contribution in [3.63, 3.8) is 0 Å². The van der Waals surface area contributed by atoms with Crippen LogP contribution >= 0.6 is 11.6 Å². The van der Waals surface area contributed by atoms with Crippen molar-refractivity contribution in [3.05, 3.63) is 82.6 Å². The van der Waals surface area contributed by atoms with Crippen molar-refractivity contribution >= 4 is 17.5 Å². The number of ether oxygens (including phenoxy) is 1. The monoisotopic (exact) mass is 480 g/mol. The van der Waals surface area contributed by atoms with Crippen molar-refractivity contribution in [1.29, 1.82) is 0 Å². The number of aromatic nitrogens is 2. The van der Waals surface area contributed by atoms with Crippen molar-refractivity contribution in [2.75, 3.05) is 20.6 Å². The molecule has 0 fully saturated rings. The zero-order valence-corrected chi connectivity index (χ0v) is 18.9. The minimum Gasteiger partial charge on any atom is -0.471 e. The van der Waals surface area contributed by atoms with E-state index in [1.807, 2.05) is 31.1 Å². The van der Waals surface area contributed by atoms with E-state index in [-0.39, 0.29) is 30.1 Å². The number of nitrogens with zero attached hydrogens (tertiary/aromatic N) is 3. The highest BCUT2D eigenvalue weighted by atomic mass is 35.5. The number of hydrogen-bond acceptors (Lipinski definition) is 4. The largest absolute Gasteiger partial charge is 0.471 e. The summed E-state index contributed by atoms with van der Waals surface area (Å²) in [5.41, 5.74) is 0.292. The van der Waals surface area contributed by atoms with Crippen LogP contribution in [-0.4, -0.2) is 41.2 Å². The maximum atomic E-state index is 12.8. The van der Waals surface area contributed by atoms with Crippen LogP contribution in [0.2, 0.25) is 5.02 Å². The lowest BCUT2D eigenvalue weighted by molar-refractivity contribution is -0.137. The summed E-state index contributed by atoms with van der Waals surface area (Å²) >= 11 is 5.98. The van der Waals surface area contributed by atoms with Gasteiger partial charge in [-0.15, -0.1) is 0 Å². The molecule has 1 aromatic heterocycles. The standard InChI is InChI=1S/C23H24ClF3N4O2/c1-30(2)12-10-20(16-6-8-18(24)9-7-16)28-22(32)21-11-13-31(29-21)15-33-19-5-3-4-17(14-19)23(25,26)27/h3-9,11,13-14,20H,10,12,15H2,1-2H3,(H,28,32). The van der Waals surface area contributed by atoms with Crippen LogP contribution in [0.3, 0.4) is 0 Å². The number of rotatable bonds is 9. The van der Waals surface area contributed by atoms with Crippen LogP contribution in [-0.2, 0) is 12.9 Å². The van der Waals surface area contributed by atoms with Gasteiger partial charge in [0.15, 0.2) is 6.73 Å². The lowest BCUT2D eigenvalue weighted by Crippen LogP contribution is -2.31. The fraction of sp³-hybridized carbons (Fsp3) is 0.304. The SMILES string of the molecule is CN(C)CCC(NC(=O)c1ccn(COc2cccc(C(F)(F)F)c2)n1)c1ccc(Cl)cc1. The number of carbonyl (C=O) groups excluding carboxylic acids is 1. The first-order valence-corrected chi connectivity index (χ1v) is 10.5. The first-order chi connectivity index (χ1) is 15.6. The third-order valence-electron chi connectivity index (χ3n) is 4.84. The number of alkyl halides is 3. The van der Waals surface area contributed by atoms with Crippen LogP contribution in [0.5, 0.6) is 5.75 Å². The fourth-order valence-corrected chi connectivity index (χ4v) is 3.22. The van der Waals surface area contributed by atoms with Crippen LogP contribution in [0.4, 0.5) is 13.2 Å². The molecule has 0 aliphatic heterocycles. The molecule has 0 aliphatic carbocycles. The molecule has 10 heteroatoms. The molecule has 1 unspecified atom stereocenters. The number of nitrogens with one attached hydrogen (secondary N) is 1. The maximum absolute atomic E-state index is 12.8. The predicted octanol–water partition coefficient (Wildman–Crippen LogP) is 5.01. The average molecular weight is 481 g/mol. The van der Waals surface area contributed by atoms with E-state index in [9.17, 15) is 18.0 Å². The second-order valence-corrected chi connectivity index (χ2v) is 8.15. The molecule has 1 atom stereocenters. The van der Waals surface area contributed by atoms with Gasteiger partial charge in [0, 0.05) is 11.2 Å². The summed E-state index contributed by atoms with van der Waals surface area (Å²) < 4.78 is 45.3. The van der Waals surface area contributed by atoms with Crippen LogP contribution in [0.25, 0.3) is 0 Å². The molecule has 0 radical (unpaired) electrons. The summed E-state index contributed by atoms with van der Waals surface area (Å²) in [7, 11) is 3.90. The second kappa shape index (κ2) is 10.7. The molecular weight excluding hydrogens is 457 g/mol. The van der Waals surface area contributed by atoms with E-state index >= 15 is 0 Å². The predicted molar refractivity (Wildman–Crippen MR) is 119 cm³/mol. The molecule has 0 spiro atoms. The number of amides is 1. The van der Waals surface area contributed by atoms with E-state index in [1.54, 1.807) is 12.1 Å². The molecule has 1 heterocycles. The van der Waals surface area contributed by atoms with Gasteiger partial charge in [0.1, 0.15) is 11.4 Å². The lowest BCUT2D eigenvalue weighted by Gasteiger charge is -2.21. The highest BCUT2D eigenvalue weighted by Crippen LogP contribution is 2.31. The third-order valence-corrected chi connectivity index (χ3v) is 5.09. The maximum Gasteiger partial charge on any atom is 0.416 e. The molecule has 0 saturated heterocycles. The Morgan fingerprint density at radius 3 is 2.58 bits per heavy atom.